The zero-order valence-electron chi connectivity index (χ0n) is 14.5. The van der Waals surface area contributed by atoms with Crippen LogP contribution in [0.1, 0.15) is 20.3 Å². The minimum Gasteiger partial charge on any atom is -0.484 e. The van der Waals surface area contributed by atoms with E-state index in [-0.39, 0.29) is 23.5 Å². The lowest BCUT2D eigenvalue weighted by Crippen LogP contribution is -2.31. The van der Waals surface area contributed by atoms with Crippen LogP contribution in [-0.4, -0.2) is 27.0 Å². The van der Waals surface area contributed by atoms with Crippen LogP contribution in [0.5, 0.6) is 5.75 Å². The molecule has 6 nitrogen and oxygen atoms in total. The molecule has 26 heavy (non-hydrogen) atoms. The highest BCUT2D eigenvalue weighted by atomic mass is 35.5. The zero-order chi connectivity index (χ0) is 19.2. The van der Waals surface area contributed by atoms with Gasteiger partial charge in [0.1, 0.15) is 5.75 Å². The van der Waals surface area contributed by atoms with Crippen molar-refractivity contribution in [2.45, 2.75) is 31.2 Å². The van der Waals surface area contributed by atoms with E-state index in [1.54, 1.807) is 31.2 Å². The largest absolute Gasteiger partial charge is 0.484 e. The first-order chi connectivity index (χ1) is 12.3. The third-order valence-corrected chi connectivity index (χ3v) is 5.56. The topological polar surface area (TPSA) is 84.5 Å². The maximum Gasteiger partial charge on any atom is 0.262 e. The van der Waals surface area contributed by atoms with Crippen molar-refractivity contribution >= 4 is 33.2 Å². The minimum atomic E-state index is -3.56. The summed E-state index contributed by atoms with van der Waals surface area (Å²) in [6, 6.07) is 12.6. The first kappa shape index (κ1) is 20.2. The van der Waals surface area contributed by atoms with Gasteiger partial charge in [-0.2, -0.15) is 0 Å². The number of halogens is 1. The quantitative estimate of drug-likeness (QED) is 0.715. The lowest BCUT2D eigenvalue weighted by molar-refractivity contribution is -0.118. The molecule has 1 atom stereocenters. The average molecular weight is 397 g/mol. The van der Waals surface area contributed by atoms with Gasteiger partial charge in [-0.05, 0) is 49.7 Å². The molecule has 0 aliphatic rings. The molecule has 140 valence electrons. The molecule has 0 aromatic heterocycles. The Labute approximate surface area is 158 Å². The Kier molecular flexibility index (Phi) is 7.02. The molecule has 8 heteroatoms. The molecule has 1 amide bonds. The number of carbonyl (C=O) groups excluding carboxylic acids is 1. The normalized spacial score (nSPS) is 12.4. The van der Waals surface area contributed by atoms with Crippen LogP contribution in [0.2, 0.25) is 5.02 Å². The molecular formula is C18H21ClN2O4S. The molecule has 0 fully saturated rings. The highest BCUT2D eigenvalue weighted by Crippen LogP contribution is 2.20. The van der Waals surface area contributed by atoms with Crippen molar-refractivity contribution in [3.8, 4) is 5.75 Å². The van der Waals surface area contributed by atoms with Crippen LogP contribution in [0, 0.1) is 0 Å². The van der Waals surface area contributed by atoms with Gasteiger partial charge in [0.05, 0.1) is 15.6 Å². The summed E-state index contributed by atoms with van der Waals surface area (Å²) in [4.78, 5) is 12.1. The van der Waals surface area contributed by atoms with E-state index in [0.717, 1.165) is 0 Å². The number of nitrogens with one attached hydrogen (secondary N) is 2. The van der Waals surface area contributed by atoms with Gasteiger partial charge < -0.3 is 10.1 Å². The molecule has 0 bridgehead atoms. The summed E-state index contributed by atoms with van der Waals surface area (Å²) in [5.41, 5.74) is 0.500. The lowest BCUT2D eigenvalue weighted by atomic mass is 10.3. The van der Waals surface area contributed by atoms with Gasteiger partial charge >= 0.3 is 0 Å². The fourth-order valence-electron chi connectivity index (χ4n) is 2.03. The summed E-state index contributed by atoms with van der Waals surface area (Å²) >= 11 is 5.97. The maximum atomic E-state index is 12.2. The Hall–Kier alpha value is -2.09. The van der Waals surface area contributed by atoms with Crippen LogP contribution in [0.4, 0.5) is 5.69 Å². The molecule has 0 heterocycles. The second-order valence-electron chi connectivity index (χ2n) is 5.72. The van der Waals surface area contributed by atoms with E-state index in [2.05, 4.69) is 10.0 Å². The van der Waals surface area contributed by atoms with E-state index in [9.17, 15) is 13.2 Å². The first-order valence-corrected chi connectivity index (χ1v) is 9.97. The standard InChI is InChI=1S/C18H21ClN2O4S/c1-3-13(2)21-26(23,24)15-10-8-14(9-11-15)25-12-18(22)20-17-7-5-4-6-16(17)19/h4-11,13,21H,3,12H2,1-2H3,(H,20,22)/t13-/m1/s1. The Morgan fingerprint density at radius 2 is 1.81 bits per heavy atom. The van der Waals surface area contributed by atoms with Crippen molar-refractivity contribution in [2.24, 2.45) is 0 Å². The van der Waals surface area contributed by atoms with Crippen molar-refractivity contribution in [2.75, 3.05) is 11.9 Å². The summed E-state index contributed by atoms with van der Waals surface area (Å²) in [7, 11) is -3.56. The number of rotatable bonds is 8. The van der Waals surface area contributed by atoms with Gasteiger partial charge in [-0.3, -0.25) is 4.79 Å². The van der Waals surface area contributed by atoms with Crippen LogP contribution < -0.4 is 14.8 Å². The second-order valence-corrected chi connectivity index (χ2v) is 7.84. The van der Waals surface area contributed by atoms with Crippen LogP contribution >= 0.6 is 11.6 Å². The van der Waals surface area contributed by atoms with Gasteiger partial charge in [-0.15, -0.1) is 0 Å². The highest BCUT2D eigenvalue weighted by molar-refractivity contribution is 7.89. The molecule has 0 radical (unpaired) electrons. The maximum absolute atomic E-state index is 12.2. The summed E-state index contributed by atoms with van der Waals surface area (Å²) in [6.07, 6.45) is 0.695. The predicted molar refractivity (Wildman–Crippen MR) is 102 cm³/mol. The molecule has 0 spiro atoms. The number of anilines is 1. The molecule has 0 unspecified atom stereocenters. The smallest absolute Gasteiger partial charge is 0.262 e. The van der Waals surface area contributed by atoms with Crippen molar-refractivity contribution < 1.29 is 17.9 Å². The Bertz CT molecular complexity index is 854. The number of ether oxygens (including phenoxy) is 1. The first-order valence-electron chi connectivity index (χ1n) is 8.11. The summed E-state index contributed by atoms with van der Waals surface area (Å²) in [5.74, 6) is 0.0232. The number of hydrogen-bond acceptors (Lipinski definition) is 4. The van der Waals surface area contributed by atoms with Crippen molar-refractivity contribution in [3.05, 3.63) is 53.6 Å². The molecule has 0 aliphatic carbocycles. The summed E-state index contributed by atoms with van der Waals surface area (Å²) < 4.78 is 32.3. The fourth-order valence-corrected chi connectivity index (χ4v) is 3.54. The molecule has 2 rings (SSSR count). The Morgan fingerprint density at radius 3 is 2.42 bits per heavy atom. The Balaban J connectivity index is 1.93. The van der Waals surface area contributed by atoms with E-state index in [0.29, 0.717) is 22.9 Å². The van der Waals surface area contributed by atoms with Crippen LogP contribution in [-0.2, 0) is 14.8 Å². The van der Waals surface area contributed by atoms with Crippen molar-refractivity contribution in [1.29, 1.82) is 0 Å². The van der Waals surface area contributed by atoms with Crippen molar-refractivity contribution in [1.82, 2.24) is 4.72 Å². The SMILES string of the molecule is CC[C@@H](C)NS(=O)(=O)c1ccc(OCC(=O)Nc2ccccc2Cl)cc1. The second kappa shape index (κ2) is 9.02. The molecule has 0 aliphatic heterocycles. The number of amides is 1. The van der Waals surface area contributed by atoms with E-state index in [1.807, 2.05) is 6.92 Å². The lowest BCUT2D eigenvalue weighted by Gasteiger charge is -2.12. The minimum absolute atomic E-state index is 0.144. The fraction of sp³-hybridized carbons (Fsp3) is 0.278. The van der Waals surface area contributed by atoms with Gasteiger partial charge in [0, 0.05) is 6.04 Å². The average Bonchev–Trinajstić information content (AvgIpc) is 2.62. The van der Waals surface area contributed by atoms with Gasteiger partial charge in [0.2, 0.25) is 10.0 Å². The highest BCUT2D eigenvalue weighted by Gasteiger charge is 2.16. The number of sulfonamides is 1. The van der Waals surface area contributed by atoms with Gasteiger partial charge in [-0.25, -0.2) is 13.1 Å². The number of benzene rings is 2. The van der Waals surface area contributed by atoms with E-state index >= 15 is 0 Å². The van der Waals surface area contributed by atoms with Gasteiger partial charge in [-0.1, -0.05) is 30.7 Å². The van der Waals surface area contributed by atoms with Crippen LogP contribution in [0.25, 0.3) is 0 Å². The molecule has 2 aromatic rings. The van der Waals surface area contributed by atoms with Crippen LogP contribution in [0.3, 0.4) is 0 Å². The number of carbonyl (C=O) groups is 1. The van der Waals surface area contributed by atoms with Crippen molar-refractivity contribution in [3.63, 3.8) is 0 Å². The predicted octanol–water partition coefficient (Wildman–Crippen LogP) is 3.43. The molecule has 2 aromatic carbocycles. The molecule has 2 N–H and O–H groups in total. The summed E-state index contributed by atoms with van der Waals surface area (Å²) in [5, 5.41) is 3.08. The monoisotopic (exact) mass is 396 g/mol. The zero-order valence-corrected chi connectivity index (χ0v) is 16.1. The van der Waals surface area contributed by atoms with Gasteiger partial charge in [0.15, 0.2) is 6.61 Å². The number of hydrogen-bond donors (Lipinski definition) is 2. The molecule has 0 saturated heterocycles. The van der Waals surface area contributed by atoms with E-state index in [4.69, 9.17) is 16.3 Å². The third kappa shape index (κ3) is 5.72. The molecular weight excluding hydrogens is 376 g/mol. The number of para-hydroxylation sites is 1. The van der Waals surface area contributed by atoms with E-state index < -0.39 is 10.0 Å². The van der Waals surface area contributed by atoms with Gasteiger partial charge in [0.25, 0.3) is 5.91 Å². The van der Waals surface area contributed by atoms with Crippen LogP contribution in [0.15, 0.2) is 53.4 Å². The third-order valence-electron chi connectivity index (χ3n) is 3.62. The summed E-state index contributed by atoms with van der Waals surface area (Å²) in [6.45, 7) is 3.48. The van der Waals surface area contributed by atoms with E-state index in [1.165, 1.54) is 24.3 Å². The molecule has 0 saturated carbocycles. The Morgan fingerprint density at radius 1 is 1.15 bits per heavy atom.